The van der Waals surface area contributed by atoms with Gasteiger partial charge in [-0.1, -0.05) is 58.0 Å². The average molecular weight is 765 g/mol. The van der Waals surface area contributed by atoms with Crippen LogP contribution in [0.3, 0.4) is 0 Å². The number of aromatic nitrogens is 2. The number of benzene rings is 2. The van der Waals surface area contributed by atoms with Crippen molar-refractivity contribution < 1.29 is 28.7 Å². The molecule has 1 saturated heterocycles. The Morgan fingerprint density at radius 3 is 2.61 bits per heavy atom. The smallest absolute Gasteiger partial charge is 0.324 e. The number of esters is 1. The lowest BCUT2D eigenvalue weighted by Crippen LogP contribution is -2.61. The molecule has 4 atom stereocenters. The van der Waals surface area contributed by atoms with Crippen LogP contribution >= 0.6 is 0 Å². The molecule has 2 aliphatic heterocycles. The van der Waals surface area contributed by atoms with Crippen LogP contribution in [0.15, 0.2) is 60.8 Å². The van der Waals surface area contributed by atoms with Gasteiger partial charge in [0.25, 0.3) is 5.91 Å². The zero-order valence-electron chi connectivity index (χ0n) is 33.9. The lowest BCUT2D eigenvalue weighted by atomic mass is 9.84. The molecule has 0 saturated carbocycles. The number of hydrazine groups is 1. The zero-order chi connectivity index (χ0) is 40.3. The van der Waals surface area contributed by atoms with Crippen LogP contribution in [0.4, 0.5) is 0 Å². The van der Waals surface area contributed by atoms with Crippen LogP contribution in [0.1, 0.15) is 77.3 Å². The van der Waals surface area contributed by atoms with Crippen LogP contribution in [0, 0.1) is 11.3 Å². The summed E-state index contributed by atoms with van der Waals surface area (Å²) in [5.41, 5.74) is 10.6. The lowest BCUT2D eigenvalue weighted by Gasteiger charge is -2.36. The number of rotatable bonds is 9. The molecule has 0 aliphatic carbocycles. The van der Waals surface area contributed by atoms with Crippen molar-refractivity contribution in [3.05, 3.63) is 77.6 Å². The third-order valence-corrected chi connectivity index (χ3v) is 11.1. The largest absolute Gasteiger partial charge is 0.464 e. The molecule has 2 N–H and O–H groups in total. The fourth-order valence-corrected chi connectivity index (χ4v) is 8.27. The van der Waals surface area contributed by atoms with Gasteiger partial charge in [0.2, 0.25) is 12.3 Å². The van der Waals surface area contributed by atoms with E-state index in [2.05, 4.69) is 72.5 Å². The van der Waals surface area contributed by atoms with Gasteiger partial charge in [-0.05, 0) is 85.5 Å². The number of hydrogen-bond acceptors (Lipinski definition) is 8. The molecule has 6 rings (SSSR count). The zero-order valence-corrected chi connectivity index (χ0v) is 33.9. The van der Waals surface area contributed by atoms with E-state index < -0.39 is 35.4 Å². The van der Waals surface area contributed by atoms with Crippen LogP contribution in [0.2, 0.25) is 0 Å². The van der Waals surface area contributed by atoms with E-state index in [9.17, 15) is 19.2 Å². The van der Waals surface area contributed by atoms with Crippen molar-refractivity contribution in [1.29, 1.82) is 0 Å². The number of likely N-dealkylation sites (N-methyl/N-ethyl adjacent to an activating group) is 1. The SMILES string of the molecule is CCn1c(-c2cccnc2C(C)OC)c2c3cc(ccc31)-c1cccc(c1)CC(NC(=O)C(C(C)C)N(C)C=O)C(=O)N1CCC[C@H](N1)C(=O)OCC(C)(C)C2. The number of cyclic esters (lactones) is 1. The number of carbonyl (C=O) groups is 4. The number of ether oxygens (including phenoxy) is 2. The van der Waals surface area contributed by atoms with Crippen molar-refractivity contribution in [2.75, 3.05) is 27.3 Å². The summed E-state index contributed by atoms with van der Waals surface area (Å²) in [5.74, 6) is -1.42. The Labute approximate surface area is 329 Å². The van der Waals surface area contributed by atoms with Crippen LogP contribution < -0.4 is 10.7 Å². The molecule has 56 heavy (non-hydrogen) atoms. The van der Waals surface area contributed by atoms with E-state index in [4.69, 9.17) is 14.5 Å². The van der Waals surface area contributed by atoms with Crippen molar-refractivity contribution in [1.82, 2.24) is 30.2 Å². The van der Waals surface area contributed by atoms with Gasteiger partial charge < -0.3 is 24.3 Å². The quantitative estimate of drug-likeness (QED) is 0.160. The van der Waals surface area contributed by atoms with Crippen molar-refractivity contribution in [2.45, 2.75) is 98.0 Å². The van der Waals surface area contributed by atoms with Crippen molar-refractivity contribution in [3.8, 4) is 22.4 Å². The molecule has 3 amide bonds. The van der Waals surface area contributed by atoms with E-state index in [0.717, 1.165) is 56.7 Å². The average Bonchev–Trinajstić information content (AvgIpc) is 3.50. The third kappa shape index (κ3) is 8.36. The van der Waals surface area contributed by atoms with Gasteiger partial charge in [0, 0.05) is 61.7 Å². The minimum atomic E-state index is -0.975. The highest BCUT2D eigenvalue weighted by Gasteiger charge is 2.37. The summed E-state index contributed by atoms with van der Waals surface area (Å²) < 4.78 is 14.2. The summed E-state index contributed by atoms with van der Waals surface area (Å²) in [6.45, 7) is 13.3. The van der Waals surface area contributed by atoms with Crippen LogP contribution in [-0.4, -0.2) is 89.1 Å². The van der Waals surface area contributed by atoms with E-state index in [1.165, 1.54) is 9.91 Å². The second kappa shape index (κ2) is 17.0. The Hall–Kier alpha value is -5.07. The Morgan fingerprint density at radius 2 is 1.89 bits per heavy atom. The normalized spacial score (nSPS) is 19.9. The van der Waals surface area contributed by atoms with Gasteiger partial charge in [-0.15, -0.1) is 0 Å². The molecule has 2 aromatic carbocycles. The van der Waals surface area contributed by atoms with Crippen LogP contribution in [-0.2, 0) is 48.0 Å². The summed E-state index contributed by atoms with van der Waals surface area (Å²) in [6, 6.07) is 16.1. The highest BCUT2D eigenvalue weighted by Crippen LogP contribution is 2.42. The van der Waals surface area contributed by atoms with Crippen molar-refractivity contribution in [2.24, 2.45) is 11.3 Å². The number of nitrogens with one attached hydrogen (secondary N) is 2. The molecule has 3 unspecified atom stereocenters. The van der Waals surface area contributed by atoms with E-state index in [1.54, 1.807) is 20.4 Å². The summed E-state index contributed by atoms with van der Waals surface area (Å²) >= 11 is 0. The van der Waals surface area contributed by atoms with Gasteiger partial charge in [0.1, 0.15) is 18.1 Å². The molecule has 2 aromatic heterocycles. The number of fused-ring (bicyclic) bond motifs is 6. The van der Waals surface area contributed by atoms with Gasteiger partial charge in [0.05, 0.1) is 24.1 Å². The van der Waals surface area contributed by atoms with Crippen molar-refractivity contribution in [3.63, 3.8) is 0 Å². The molecule has 4 aromatic rings. The Morgan fingerprint density at radius 1 is 1.12 bits per heavy atom. The number of pyridine rings is 1. The van der Waals surface area contributed by atoms with Gasteiger partial charge >= 0.3 is 5.97 Å². The topological polar surface area (TPSA) is 135 Å². The van der Waals surface area contributed by atoms with Gasteiger partial charge in [0.15, 0.2) is 0 Å². The molecule has 12 heteroatoms. The minimum Gasteiger partial charge on any atom is -0.464 e. The minimum absolute atomic E-state index is 0.159. The number of amides is 3. The molecule has 1 fully saturated rings. The standard InChI is InChI=1S/C44H56N6O6/c1-9-49-37-18-17-31-23-33(37)34(40(49)32-15-11-19-45-38(32)28(4)55-8)24-44(5,6)25-56-43(54)35-16-12-20-50(47-35)42(53)36(22-29-13-10-14-30(31)21-29)46-41(52)39(27(2)3)48(7)26-51/h10-11,13-15,17-19,21,23,26-28,35-36,39,47H,9,12,16,20,22,24-25H2,1-8H3,(H,46,52)/t28?,35-,36?,39?/m0/s1. The second-order valence-corrected chi connectivity index (χ2v) is 16.3. The van der Waals surface area contributed by atoms with Crippen LogP contribution in [0.25, 0.3) is 33.3 Å². The fraction of sp³-hybridized carbons (Fsp3) is 0.477. The number of carbonyl (C=O) groups excluding carboxylic acids is 4. The molecular weight excluding hydrogens is 709 g/mol. The first kappa shape index (κ1) is 40.6. The Balaban J connectivity index is 1.51. The summed E-state index contributed by atoms with van der Waals surface area (Å²) in [7, 11) is 3.25. The summed E-state index contributed by atoms with van der Waals surface area (Å²) in [6.07, 6.45) is 4.07. The molecular formula is C44H56N6O6. The van der Waals surface area contributed by atoms with Crippen LogP contribution in [0.5, 0.6) is 0 Å². The number of aryl methyl sites for hydroxylation is 1. The third-order valence-electron chi connectivity index (χ3n) is 11.1. The first-order chi connectivity index (χ1) is 26.8. The maximum Gasteiger partial charge on any atom is 0.324 e. The highest BCUT2D eigenvalue weighted by atomic mass is 16.5. The predicted octanol–water partition coefficient (Wildman–Crippen LogP) is 5.86. The van der Waals surface area contributed by atoms with E-state index in [-0.39, 0.29) is 31.0 Å². The fourth-order valence-electron chi connectivity index (χ4n) is 8.27. The molecule has 2 aliphatic rings. The van der Waals surface area contributed by atoms with E-state index in [0.29, 0.717) is 32.2 Å². The monoisotopic (exact) mass is 764 g/mol. The van der Waals surface area contributed by atoms with Gasteiger partial charge in [-0.25, -0.2) is 5.43 Å². The molecule has 0 spiro atoms. The Bertz CT molecular complexity index is 2090. The first-order valence-electron chi connectivity index (χ1n) is 19.7. The second-order valence-electron chi connectivity index (χ2n) is 16.3. The first-order valence-corrected chi connectivity index (χ1v) is 19.7. The highest BCUT2D eigenvalue weighted by molar-refractivity contribution is 5.95. The molecule has 0 radical (unpaired) electrons. The lowest BCUT2D eigenvalue weighted by molar-refractivity contribution is -0.155. The van der Waals surface area contributed by atoms with Crippen molar-refractivity contribution >= 4 is 35.1 Å². The van der Waals surface area contributed by atoms with Gasteiger partial charge in [-0.3, -0.25) is 29.2 Å². The number of methoxy groups -OCH3 is 1. The van der Waals surface area contributed by atoms with Gasteiger partial charge in [-0.2, -0.15) is 0 Å². The molecule has 298 valence electrons. The summed E-state index contributed by atoms with van der Waals surface area (Å²) in [4.78, 5) is 59.7. The molecule has 12 nitrogen and oxygen atoms in total. The molecule has 6 bridgehead atoms. The molecule has 4 heterocycles. The number of nitrogens with zero attached hydrogens (tertiary/aromatic N) is 4. The maximum atomic E-state index is 14.3. The maximum absolute atomic E-state index is 14.3. The Kier molecular flexibility index (Phi) is 12.3. The number of hydrogen-bond donors (Lipinski definition) is 2. The van der Waals surface area contributed by atoms with E-state index in [1.807, 2.05) is 39.0 Å². The summed E-state index contributed by atoms with van der Waals surface area (Å²) in [5, 5.41) is 5.52. The predicted molar refractivity (Wildman–Crippen MR) is 216 cm³/mol. The van der Waals surface area contributed by atoms with E-state index >= 15 is 0 Å².